The second-order valence-electron chi connectivity index (χ2n) is 6.12. The van der Waals surface area contributed by atoms with Gasteiger partial charge in [0.2, 0.25) is 0 Å². The molecule has 0 spiro atoms. The molecule has 0 saturated carbocycles. The van der Waals surface area contributed by atoms with Crippen molar-refractivity contribution in [3.8, 4) is 5.75 Å². The van der Waals surface area contributed by atoms with Crippen molar-refractivity contribution in [2.45, 2.75) is 31.1 Å². The molecule has 2 N–H and O–H groups in total. The fraction of sp³-hybridized carbons (Fsp3) is 0.389. The quantitative estimate of drug-likeness (QED) is 0.563. The van der Waals surface area contributed by atoms with Gasteiger partial charge in [-0.25, -0.2) is 9.78 Å². The van der Waals surface area contributed by atoms with Gasteiger partial charge in [-0.15, -0.1) is 0 Å². The molecule has 144 valence electrons. The standard InChI is InChI=1S/C18H22N4O4S/c1-3-9-27-18-19-15-14(16(24)20-17(25)21(15)2)22(18)10-12(23)11-26-13-7-5-4-6-8-13/h4-8,12,23H,3,9-11H2,1-2H3,(H,20,24,25)/t12-/m1/s1. The zero-order valence-electron chi connectivity index (χ0n) is 15.2. The number of imidazole rings is 1. The average molecular weight is 390 g/mol. The lowest BCUT2D eigenvalue weighted by molar-refractivity contribution is 0.0914. The van der Waals surface area contributed by atoms with E-state index in [0.29, 0.717) is 16.6 Å². The molecule has 0 bridgehead atoms. The summed E-state index contributed by atoms with van der Waals surface area (Å²) < 4.78 is 8.55. The van der Waals surface area contributed by atoms with Crippen molar-refractivity contribution >= 4 is 22.9 Å². The number of aromatic amines is 1. The van der Waals surface area contributed by atoms with E-state index in [1.54, 1.807) is 11.6 Å². The lowest BCUT2D eigenvalue weighted by atomic mass is 10.3. The number of H-pyrrole nitrogens is 1. The molecule has 2 aromatic heterocycles. The predicted molar refractivity (Wildman–Crippen MR) is 105 cm³/mol. The van der Waals surface area contributed by atoms with Gasteiger partial charge in [0.15, 0.2) is 16.3 Å². The van der Waals surface area contributed by atoms with Crippen LogP contribution in [0.2, 0.25) is 0 Å². The largest absolute Gasteiger partial charge is 0.491 e. The Labute approximate surface area is 159 Å². The monoisotopic (exact) mass is 390 g/mol. The van der Waals surface area contributed by atoms with Crippen molar-refractivity contribution in [2.24, 2.45) is 7.05 Å². The number of benzene rings is 1. The van der Waals surface area contributed by atoms with Crippen LogP contribution < -0.4 is 16.0 Å². The number of fused-ring (bicyclic) bond motifs is 1. The summed E-state index contributed by atoms with van der Waals surface area (Å²) in [5.74, 6) is 1.47. The topological polar surface area (TPSA) is 102 Å². The Kier molecular flexibility index (Phi) is 6.02. The smallest absolute Gasteiger partial charge is 0.329 e. The van der Waals surface area contributed by atoms with Crippen molar-refractivity contribution in [3.63, 3.8) is 0 Å². The number of hydrogen-bond donors (Lipinski definition) is 2. The predicted octanol–water partition coefficient (Wildman–Crippen LogP) is 1.37. The third-order valence-electron chi connectivity index (χ3n) is 3.99. The second-order valence-corrected chi connectivity index (χ2v) is 7.18. The third-order valence-corrected chi connectivity index (χ3v) is 5.17. The highest BCUT2D eigenvalue weighted by atomic mass is 32.2. The van der Waals surface area contributed by atoms with Crippen LogP contribution in [-0.4, -0.2) is 42.7 Å². The normalized spacial score (nSPS) is 12.4. The van der Waals surface area contributed by atoms with Gasteiger partial charge in [0, 0.05) is 12.8 Å². The van der Waals surface area contributed by atoms with Gasteiger partial charge in [0.05, 0.1) is 6.54 Å². The zero-order chi connectivity index (χ0) is 19.4. The number of rotatable bonds is 8. The molecular weight excluding hydrogens is 368 g/mol. The van der Waals surface area contributed by atoms with E-state index in [0.717, 1.165) is 12.2 Å². The Morgan fingerprint density at radius 1 is 1.30 bits per heavy atom. The first-order valence-electron chi connectivity index (χ1n) is 8.69. The van der Waals surface area contributed by atoms with E-state index in [2.05, 4.69) is 9.97 Å². The van der Waals surface area contributed by atoms with Crippen LogP contribution in [0.15, 0.2) is 45.1 Å². The summed E-state index contributed by atoms with van der Waals surface area (Å²) in [6.45, 7) is 2.26. The molecule has 0 amide bonds. The molecule has 3 rings (SSSR count). The summed E-state index contributed by atoms with van der Waals surface area (Å²) in [6.07, 6.45) is 0.0863. The molecule has 0 aliphatic heterocycles. The summed E-state index contributed by atoms with van der Waals surface area (Å²) in [6, 6.07) is 9.20. The van der Waals surface area contributed by atoms with Crippen molar-refractivity contribution in [1.29, 1.82) is 0 Å². The molecule has 8 nitrogen and oxygen atoms in total. The summed E-state index contributed by atoms with van der Waals surface area (Å²) in [5, 5.41) is 11.0. The van der Waals surface area contributed by atoms with Crippen LogP contribution >= 0.6 is 11.8 Å². The molecule has 0 unspecified atom stereocenters. The van der Waals surface area contributed by atoms with Crippen molar-refractivity contribution in [2.75, 3.05) is 12.4 Å². The van der Waals surface area contributed by atoms with Gasteiger partial charge in [-0.05, 0) is 18.6 Å². The molecule has 2 heterocycles. The third kappa shape index (κ3) is 4.25. The molecule has 27 heavy (non-hydrogen) atoms. The van der Waals surface area contributed by atoms with Crippen molar-refractivity contribution < 1.29 is 9.84 Å². The van der Waals surface area contributed by atoms with E-state index in [1.165, 1.54) is 16.3 Å². The minimum Gasteiger partial charge on any atom is -0.491 e. The van der Waals surface area contributed by atoms with Gasteiger partial charge in [-0.2, -0.15) is 0 Å². The van der Waals surface area contributed by atoms with Gasteiger partial charge >= 0.3 is 5.69 Å². The van der Waals surface area contributed by atoms with Crippen molar-refractivity contribution in [1.82, 2.24) is 19.1 Å². The molecule has 0 saturated heterocycles. The van der Waals surface area contributed by atoms with E-state index < -0.39 is 17.4 Å². The summed E-state index contributed by atoms with van der Waals surface area (Å²) >= 11 is 1.48. The van der Waals surface area contributed by atoms with Gasteiger partial charge in [0.25, 0.3) is 5.56 Å². The number of thioether (sulfide) groups is 1. The first-order chi connectivity index (χ1) is 13.0. The Morgan fingerprint density at radius 2 is 2.04 bits per heavy atom. The first kappa shape index (κ1) is 19.2. The number of aliphatic hydroxyl groups excluding tert-OH is 1. The molecule has 1 atom stereocenters. The minimum atomic E-state index is -0.847. The SMILES string of the molecule is CCCSc1nc2c(c(=O)[nH]c(=O)n2C)n1C[C@@H](O)COc1ccccc1. The van der Waals surface area contributed by atoms with E-state index in [1.807, 2.05) is 37.3 Å². The number of para-hydroxylation sites is 1. The summed E-state index contributed by atoms with van der Waals surface area (Å²) in [7, 11) is 1.56. The fourth-order valence-corrected chi connectivity index (χ4v) is 3.52. The Balaban J connectivity index is 1.90. The Morgan fingerprint density at radius 3 is 2.74 bits per heavy atom. The summed E-state index contributed by atoms with van der Waals surface area (Å²) in [5.41, 5.74) is -0.453. The molecular formula is C18H22N4O4S. The van der Waals surface area contributed by atoms with Crippen LogP contribution in [0, 0.1) is 0 Å². The molecule has 9 heteroatoms. The zero-order valence-corrected chi connectivity index (χ0v) is 16.0. The number of ether oxygens (including phenoxy) is 1. The number of aromatic nitrogens is 4. The lowest BCUT2D eigenvalue weighted by Gasteiger charge is -2.15. The maximum absolute atomic E-state index is 12.4. The molecule has 0 fully saturated rings. The second kappa shape index (κ2) is 8.45. The number of hydrogen-bond acceptors (Lipinski definition) is 6. The van der Waals surface area contributed by atoms with E-state index >= 15 is 0 Å². The molecule has 1 aromatic carbocycles. The number of aliphatic hydroxyl groups is 1. The highest BCUT2D eigenvalue weighted by molar-refractivity contribution is 7.99. The highest BCUT2D eigenvalue weighted by Gasteiger charge is 2.20. The average Bonchev–Trinajstić information content (AvgIpc) is 3.02. The minimum absolute atomic E-state index is 0.0746. The summed E-state index contributed by atoms with van der Waals surface area (Å²) in [4.78, 5) is 31.0. The van der Waals surface area contributed by atoms with Gasteiger partial charge < -0.3 is 14.4 Å². The number of nitrogens with one attached hydrogen (secondary N) is 1. The van der Waals surface area contributed by atoms with Crippen LogP contribution in [0.1, 0.15) is 13.3 Å². The van der Waals surface area contributed by atoms with E-state index in [9.17, 15) is 14.7 Å². The van der Waals surface area contributed by atoms with Gasteiger partial charge in [-0.3, -0.25) is 14.3 Å². The lowest BCUT2D eigenvalue weighted by Crippen LogP contribution is -2.30. The molecule has 0 aliphatic rings. The van der Waals surface area contributed by atoms with Gasteiger partial charge in [0.1, 0.15) is 18.5 Å². The molecule has 3 aromatic rings. The van der Waals surface area contributed by atoms with E-state index in [-0.39, 0.29) is 18.7 Å². The number of nitrogens with zero attached hydrogens (tertiary/aromatic N) is 3. The van der Waals surface area contributed by atoms with Crippen LogP contribution in [0.25, 0.3) is 11.2 Å². The highest BCUT2D eigenvalue weighted by Crippen LogP contribution is 2.22. The van der Waals surface area contributed by atoms with Crippen LogP contribution in [0.3, 0.4) is 0 Å². The maximum atomic E-state index is 12.4. The first-order valence-corrected chi connectivity index (χ1v) is 9.68. The van der Waals surface area contributed by atoms with Crippen molar-refractivity contribution in [3.05, 3.63) is 51.2 Å². The fourth-order valence-electron chi connectivity index (χ4n) is 2.66. The maximum Gasteiger partial charge on any atom is 0.329 e. The van der Waals surface area contributed by atoms with Gasteiger partial charge in [-0.1, -0.05) is 36.9 Å². The van der Waals surface area contributed by atoms with E-state index in [4.69, 9.17) is 4.74 Å². The van der Waals surface area contributed by atoms with Crippen LogP contribution in [0.4, 0.5) is 0 Å². The Bertz CT molecular complexity index is 1030. The Hall–Kier alpha value is -2.52. The number of aryl methyl sites for hydroxylation is 1. The molecule has 0 radical (unpaired) electrons. The molecule has 0 aliphatic carbocycles. The van der Waals surface area contributed by atoms with Crippen LogP contribution in [-0.2, 0) is 13.6 Å². The van der Waals surface area contributed by atoms with Crippen LogP contribution in [0.5, 0.6) is 5.75 Å².